The number of hydrogen-bond acceptors (Lipinski definition) is 1. The van der Waals surface area contributed by atoms with Crippen LogP contribution in [0.3, 0.4) is 0 Å². The van der Waals surface area contributed by atoms with Crippen molar-refractivity contribution in [1.82, 2.24) is 9.88 Å². The lowest BCUT2D eigenvalue weighted by Gasteiger charge is -2.01. The molecule has 1 heterocycles. The minimum atomic E-state index is 1.14. The van der Waals surface area contributed by atoms with Gasteiger partial charge >= 0.3 is 0 Å². The van der Waals surface area contributed by atoms with Crippen LogP contribution in [0.2, 0.25) is 0 Å². The Morgan fingerprint density at radius 3 is 2.71 bits per heavy atom. The highest BCUT2D eigenvalue weighted by Gasteiger charge is 1.95. The standard InChI is InChI=1S/C12H14N2/c1-14(2)8-7-11-9-10-5-3-4-6-12(10)13-11/h3-9,13H,1-2H3. The maximum Gasteiger partial charge on any atom is 0.0458 e. The van der Waals surface area contributed by atoms with Crippen molar-refractivity contribution in [3.63, 3.8) is 0 Å². The fourth-order valence-electron chi connectivity index (χ4n) is 1.41. The molecule has 0 aliphatic rings. The molecule has 0 unspecified atom stereocenters. The first kappa shape index (κ1) is 8.88. The summed E-state index contributed by atoms with van der Waals surface area (Å²) in [5, 5.41) is 1.26. The number of nitrogens with zero attached hydrogens (tertiary/aromatic N) is 1. The summed E-state index contributed by atoms with van der Waals surface area (Å²) in [4.78, 5) is 5.36. The number of fused-ring (bicyclic) bond motifs is 1. The minimum Gasteiger partial charge on any atom is -0.383 e. The largest absolute Gasteiger partial charge is 0.383 e. The van der Waals surface area contributed by atoms with Crippen LogP contribution in [-0.2, 0) is 0 Å². The average Bonchev–Trinajstić information content (AvgIpc) is 2.57. The summed E-state index contributed by atoms with van der Waals surface area (Å²) in [6.07, 6.45) is 4.10. The van der Waals surface area contributed by atoms with Gasteiger partial charge in [-0.05, 0) is 23.6 Å². The molecule has 2 rings (SSSR count). The van der Waals surface area contributed by atoms with E-state index in [-0.39, 0.29) is 0 Å². The first-order valence-electron chi connectivity index (χ1n) is 4.68. The summed E-state index contributed by atoms with van der Waals surface area (Å²) >= 11 is 0. The fraction of sp³-hybridized carbons (Fsp3) is 0.167. The third kappa shape index (κ3) is 1.79. The topological polar surface area (TPSA) is 19.0 Å². The van der Waals surface area contributed by atoms with Crippen molar-refractivity contribution in [2.45, 2.75) is 0 Å². The predicted octanol–water partition coefficient (Wildman–Crippen LogP) is 2.70. The van der Waals surface area contributed by atoms with Crippen molar-refractivity contribution in [3.8, 4) is 0 Å². The van der Waals surface area contributed by atoms with Crippen molar-refractivity contribution in [1.29, 1.82) is 0 Å². The fourth-order valence-corrected chi connectivity index (χ4v) is 1.41. The van der Waals surface area contributed by atoms with Gasteiger partial charge in [-0.1, -0.05) is 18.2 Å². The predicted molar refractivity (Wildman–Crippen MR) is 61.0 cm³/mol. The molecule has 1 N–H and O–H groups in total. The number of nitrogens with one attached hydrogen (secondary N) is 1. The van der Waals surface area contributed by atoms with E-state index in [1.165, 1.54) is 10.9 Å². The molecule has 0 aliphatic heterocycles. The van der Waals surface area contributed by atoms with Crippen LogP contribution in [0.5, 0.6) is 0 Å². The van der Waals surface area contributed by atoms with Gasteiger partial charge in [0, 0.05) is 31.5 Å². The van der Waals surface area contributed by atoms with Gasteiger partial charge in [0.05, 0.1) is 0 Å². The van der Waals surface area contributed by atoms with Crippen molar-refractivity contribution in [3.05, 3.63) is 42.2 Å². The van der Waals surface area contributed by atoms with Crippen LogP contribution >= 0.6 is 0 Å². The van der Waals surface area contributed by atoms with E-state index in [0.29, 0.717) is 0 Å². The van der Waals surface area contributed by atoms with E-state index >= 15 is 0 Å². The molecule has 0 saturated carbocycles. The van der Waals surface area contributed by atoms with Crippen LogP contribution in [0.1, 0.15) is 5.69 Å². The van der Waals surface area contributed by atoms with Crippen LogP contribution in [0.15, 0.2) is 36.5 Å². The summed E-state index contributed by atoms with van der Waals surface area (Å²) in [7, 11) is 4.03. The van der Waals surface area contributed by atoms with Gasteiger partial charge in [-0.15, -0.1) is 0 Å². The van der Waals surface area contributed by atoms with Gasteiger partial charge in [0.1, 0.15) is 0 Å². The Balaban J connectivity index is 2.36. The molecule has 0 saturated heterocycles. The number of benzene rings is 1. The lowest BCUT2D eigenvalue weighted by molar-refractivity contribution is 0.567. The smallest absolute Gasteiger partial charge is 0.0458 e. The molecule has 2 heteroatoms. The van der Waals surface area contributed by atoms with Gasteiger partial charge in [-0.2, -0.15) is 0 Å². The number of aromatic nitrogens is 1. The molecule has 72 valence electrons. The number of para-hydroxylation sites is 1. The molecule has 2 aromatic rings. The third-order valence-electron chi connectivity index (χ3n) is 2.10. The van der Waals surface area contributed by atoms with Crippen molar-refractivity contribution in [2.75, 3.05) is 14.1 Å². The number of H-pyrrole nitrogens is 1. The third-order valence-corrected chi connectivity index (χ3v) is 2.10. The van der Waals surface area contributed by atoms with Gasteiger partial charge < -0.3 is 9.88 Å². The van der Waals surface area contributed by atoms with E-state index in [0.717, 1.165) is 5.69 Å². The number of aromatic amines is 1. The van der Waals surface area contributed by atoms with Crippen LogP contribution in [-0.4, -0.2) is 24.0 Å². The Hall–Kier alpha value is -1.70. The summed E-state index contributed by atoms with van der Waals surface area (Å²) in [6.45, 7) is 0. The highest BCUT2D eigenvalue weighted by Crippen LogP contribution is 2.15. The minimum absolute atomic E-state index is 1.14. The molecular formula is C12H14N2. The molecule has 0 aliphatic carbocycles. The van der Waals surface area contributed by atoms with E-state index in [9.17, 15) is 0 Å². The van der Waals surface area contributed by atoms with E-state index in [1.54, 1.807) is 0 Å². The summed E-state index contributed by atoms with van der Waals surface area (Å²) in [5.41, 5.74) is 2.32. The van der Waals surface area contributed by atoms with Gasteiger partial charge in [0.25, 0.3) is 0 Å². The van der Waals surface area contributed by atoms with Crippen LogP contribution in [0.4, 0.5) is 0 Å². The van der Waals surface area contributed by atoms with Gasteiger partial charge in [-0.25, -0.2) is 0 Å². The number of rotatable bonds is 2. The molecular weight excluding hydrogens is 172 g/mol. The second-order valence-electron chi connectivity index (χ2n) is 3.59. The van der Waals surface area contributed by atoms with E-state index < -0.39 is 0 Å². The summed E-state index contributed by atoms with van der Waals surface area (Å²) in [6, 6.07) is 10.4. The van der Waals surface area contributed by atoms with Gasteiger partial charge in [-0.3, -0.25) is 0 Å². The van der Waals surface area contributed by atoms with Crippen LogP contribution < -0.4 is 0 Å². The van der Waals surface area contributed by atoms with Crippen LogP contribution in [0.25, 0.3) is 17.0 Å². The molecule has 1 aromatic carbocycles. The second-order valence-corrected chi connectivity index (χ2v) is 3.59. The van der Waals surface area contributed by atoms with Gasteiger partial charge in [0.2, 0.25) is 0 Å². The zero-order chi connectivity index (χ0) is 9.97. The van der Waals surface area contributed by atoms with E-state index in [2.05, 4.69) is 35.3 Å². The quantitative estimate of drug-likeness (QED) is 0.764. The van der Waals surface area contributed by atoms with E-state index in [4.69, 9.17) is 0 Å². The molecule has 0 bridgehead atoms. The zero-order valence-corrected chi connectivity index (χ0v) is 8.49. The molecule has 2 nitrogen and oxygen atoms in total. The summed E-state index contributed by atoms with van der Waals surface area (Å²) in [5.74, 6) is 0. The molecule has 1 aromatic heterocycles. The first-order chi connectivity index (χ1) is 6.75. The lowest BCUT2D eigenvalue weighted by Crippen LogP contribution is -1.99. The Morgan fingerprint density at radius 1 is 1.21 bits per heavy atom. The summed E-state index contributed by atoms with van der Waals surface area (Å²) < 4.78 is 0. The molecule has 0 spiro atoms. The zero-order valence-electron chi connectivity index (χ0n) is 8.49. The Bertz CT molecular complexity index is 419. The normalized spacial score (nSPS) is 11.3. The van der Waals surface area contributed by atoms with Gasteiger partial charge in [0.15, 0.2) is 0 Å². The molecule has 0 radical (unpaired) electrons. The monoisotopic (exact) mass is 186 g/mol. The Morgan fingerprint density at radius 2 is 2.00 bits per heavy atom. The Kier molecular flexibility index (Phi) is 2.27. The Labute approximate surface area is 83.9 Å². The SMILES string of the molecule is CN(C)C=Cc1cc2ccccc2[nH]1. The average molecular weight is 186 g/mol. The molecule has 0 fully saturated rings. The number of hydrogen-bond donors (Lipinski definition) is 1. The molecule has 0 amide bonds. The molecule has 14 heavy (non-hydrogen) atoms. The lowest BCUT2D eigenvalue weighted by atomic mass is 10.2. The van der Waals surface area contributed by atoms with Crippen molar-refractivity contribution >= 4 is 17.0 Å². The highest BCUT2D eigenvalue weighted by atomic mass is 15.0. The van der Waals surface area contributed by atoms with E-state index in [1.807, 2.05) is 31.3 Å². The van der Waals surface area contributed by atoms with Crippen LogP contribution in [0, 0.1) is 0 Å². The maximum atomic E-state index is 3.34. The van der Waals surface area contributed by atoms with Crippen molar-refractivity contribution in [2.24, 2.45) is 0 Å². The maximum absolute atomic E-state index is 3.34. The highest BCUT2D eigenvalue weighted by molar-refractivity contribution is 5.82. The second kappa shape index (κ2) is 3.58. The first-order valence-corrected chi connectivity index (χ1v) is 4.68. The molecule has 0 atom stereocenters. The van der Waals surface area contributed by atoms with Crippen molar-refractivity contribution < 1.29 is 0 Å².